The van der Waals surface area contributed by atoms with Gasteiger partial charge in [-0.25, -0.2) is 0 Å². The van der Waals surface area contributed by atoms with Crippen LogP contribution in [0.4, 0.5) is 5.69 Å². The number of para-hydroxylation sites is 1. The van der Waals surface area contributed by atoms with Crippen molar-refractivity contribution in [3.63, 3.8) is 0 Å². The molecule has 2 atom stereocenters. The van der Waals surface area contributed by atoms with Gasteiger partial charge in [-0.05, 0) is 44.0 Å². The number of nitrogens with zero attached hydrogens (tertiary/aromatic N) is 2. The topological polar surface area (TPSA) is 58.5 Å². The molecule has 3 rings (SSSR count). The molecule has 0 aliphatic carbocycles. The zero-order chi connectivity index (χ0) is 19.1. The molecule has 0 bridgehead atoms. The summed E-state index contributed by atoms with van der Waals surface area (Å²) in [4.78, 5) is 5.05. The van der Waals surface area contributed by atoms with Crippen molar-refractivity contribution >= 4 is 5.69 Å². The lowest BCUT2D eigenvalue weighted by Crippen LogP contribution is -2.52. The average Bonchev–Trinajstić information content (AvgIpc) is 2.72. The largest absolute Gasteiger partial charge is 0.369 e. The summed E-state index contributed by atoms with van der Waals surface area (Å²) >= 11 is 0. The normalized spacial score (nSPS) is 18.9. The Hall–Kier alpha value is -1.88. The van der Waals surface area contributed by atoms with Crippen LogP contribution in [0.5, 0.6) is 0 Å². The molecule has 27 heavy (non-hydrogen) atoms. The van der Waals surface area contributed by atoms with Crippen molar-refractivity contribution in [3.8, 4) is 0 Å². The molecule has 1 aliphatic heterocycles. The van der Waals surface area contributed by atoms with E-state index in [9.17, 15) is 0 Å². The molecule has 1 saturated heterocycles. The van der Waals surface area contributed by atoms with Crippen LogP contribution in [-0.4, -0.2) is 49.7 Å². The molecule has 4 nitrogen and oxygen atoms in total. The van der Waals surface area contributed by atoms with Gasteiger partial charge in [0.25, 0.3) is 0 Å². The number of hydrogen-bond acceptors (Lipinski definition) is 4. The number of anilines is 1. The molecule has 2 unspecified atom stereocenters. The molecule has 0 saturated carbocycles. The van der Waals surface area contributed by atoms with Crippen molar-refractivity contribution in [3.05, 3.63) is 66.2 Å². The first kappa shape index (κ1) is 19.9. The molecular formula is C23H34N4. The summed E-state index contributed by atoms with van der Waals surface area (Å²) in [6, 6.07) is 21.5. The standard InChI is InChI=1S/C23H34N4/c1-23(25,13-8-14-24)22(20-9-4-2-5-10-20)19-26-15-17-27(18-16-26)21-11-6-3-7-12-21/h2-7,9-12,22H,8,13-19,24-25H2,1H3. The molecule has 4 N–H and O–H groups in total. The maximum Gasteiger partial charge on any atom is 0.0367 e. The Morgan fingerprint density at radius 2 is 1.52 bits per heavy atom. The van der Waals surface area contributed by atoms with Gasteiger partial charge >= 0.3 is 0 Å². The number of nitrogens with two attached hydrogens (primary N) is 2. The first-order valence-corrected chi connectivity index (χ1v) is 10.2. The van der Waals surface area contributed by atoms with Crippen molar-refractivity contribution < 1.29 is 0 Å². The maximum atomic E-state index is 6.82. The molecular weight excluding hydrogens is 332 g/mol. The summed E-state index contributed by atoms with van der Waals surface area (Å²) in [6.07, 6.45) is 1.92. The third-order valence-electron chi connectivity index (χ3n) is 5.85. The fourth-order valence-corrected chi connectivity index (χ4v) is 4.12. The zero-order valence-corrected chi connectivity index (χ0v) is 16.6. The Morgan fingerprint density at radius 3 is 2.11 bits per heavy atom. The van der Waals surface area contributed by atoms with Crippen LogP contribution in [0.2, 0.25) is 0 Å². The fourth-order valence-electron chi connectivity index (χ4n) is 4.12. The number of piperazine rings is 1. The van der Waals surface area contributed by atoms with Gasteiger partial charge in [0.05, 0.1) is 0 Å². The molecule has 2 aromatic rings. The van der Waals surface area contributed by atoms with E-state index in [2.05, 4.69) is 77.4 Å². The molecule has 1 aliphatic rings. The minimum Gasteiger partial charge on any atom is -0.369 e. The van der Waals surface area contributed by atoms with Crippen LogP contribution < -0.4 is 16.4 Å². The van der Waals surface area contributed by atoms with Crippen molar-refractivity contribution in [2.75, 3.05) is 44.2 Å². The van der Waals surface area contributed by atoms with E-state index in [-0.39, 0.29) is 5.54 Å². The fraction of sp³-hybridized carbons (Fsp3) is 0.478. The smallest absolute Gasteiger partial charge is 0.0367 e. The molecule has 1 fully saturated rings. The first-order chi connectivity index (χ1) is 13.1. The van der Waals surface area contributed by atoms with E-state index in [1.54, 1.807) is 0 Å². The van der Waals surface area contributed by atoms with Crippen molar-refractivity contribution in [2.24, 2.45) is 11.5 Å². The molecule has 0 spiro atoms. The lowest BCUT2D eigenvalue weighted by Gasteiger charge is -2.42. The maximum absolute atomic E-state index is 6.82. The highest BCUT2D eigenvalue weighted by Crippen LogP contribution is 2.31. The Kier molecular flexibility index (Phi) is 6.89. The predicted molar refractivity (Wildman–Crippen MR) is 115 cm³/mol. The zero-order valence-electron chi connectivity index (χ0n) is 16.6. The number of rotatable bonds is 8. The summed E-state index contributed by atoms with van der Waals surface area (Å²) in [5.74, 6) is 0.313. The van der Waals surface area contributed by atoms with Crippen molar-refractivity contribution in [2.45, 2.75) is 31.2 Å². The van der Waals surface area contributed by atoms with Crippen molar-refractivity contribution in [1.82, 2.24) is 4.90 Å². The van der Waals surface area contributed by atoms with E-state index < -0.39 is 0 Å². The van der Waals surface area contributed by atoms with E-state index in [0.717, 1.165) is 45.6 Å². The highest BCUT2D eigenvalue weighted by atomic mass is 15.3. The summed E-state index contributed by atoms with van der Waals surface area (Å²) in [5.41, 5.74) is 15.0. The number of hydrogen-bond donors (Lipinski definition) is 2. The lowest BCUT2D eigenvalue weighted by molar-refractivity contribution is 0.202. The molecule has 0 radical (unpaired) electrons. The van der Waals surface area contributed by atoms with Crippen LogP contribution >= 0.6 is 0 Å². The summed E-state index contributed by atoms with van der Waals surface area (Å²) in [5, 5.41) is 0. The van der Waals surface area contributed by atoms with E-state index >= 15 is 0 Å². The second kappa shape index (κ2) is 9.36. The minimum atomic E-state index is -0.253. The van der Waals surface area contributed by atoms with E-state index in [0.29, 0.717) is 12.5 Å². The van der Waals surface area contributed by atoms with Gasteiger partial charge in [-0.2, -0.15) is 0 Å². The summed E-state index contributed by atoms with van der Waals surface area (Å²) < 4.78 is 0. The van der Waals surface area contributed by atoms with Crippen LogP contribution in [-0.2, 0) is 0 Å². The molecule has 4 heteroatoms. The number of benzene rings is 2. The Bertz CT molecular complexity index is 663. The monoisotopic (exact) mass is 366 g/mol. The van der Waals surface area contributed by atoms with Crippen LogP contribution in [0, 0.1) is 0 Å². The lowest BCUT2D eigenvalue weighted by atomic mass is 9.78. The second-order valence-corrected chi connectivity index (χ2v) is 7.98. The molecule has 0 aromatic heterocycles. The molecule has 0 amide bonds. The van der Waals surface area contributed by atoms with Crippen LogP contribution in [0.3, 0.4) is 0 Å². The first-order valence-electron chi connectivity index (χ1n) is 10.2. The van der Waals surface area contributed by atoms with Gasteiger partial charge in [0.15, 0.2) is 0 Å². The highest BCUT2D eigenvalue weighted by Gasteiger charge is 2.33. The third kappa shape index (κ3) is 5.32. The summed E-state index contributed by atoms with van der Waals surface area (Å²) in [6.45, 7) is 8.18. The van der Waals surface area contributed by atoms with Gasteiger partial charge in [-0.15, -0.1) is 0 Å². The molecule has 2 aromatic carbocycles. The minimum absolute atomic E-state index is 0.253. The predicted octanol–water partition coefficient (Wildman–Crippen LogP) is 3.05. The molecule has 146 valence electrons. The Labute approximate surface area is 164 Å². The van der Waals surface area contributed by atoms with Gasteiger partial charge in [-0.3, -0.25) is 4.90 Å². The van der Waals surface area contributed by atoms with Gasteiger partial charge in [0.2, 0.25) is 0 Å². The highest BCUT2D eigenvalue weighted by molar-refractivity contribution is 5.46. The average molecular weight is 367 g/mol. The van der Waals surface area contributed by atoms with Crippen LogP contribution in [0.25, 0.3) is 0 Å². The van der Waals surface area contributed by atoms with Gasteiger partial charge < -0.3 is 16.4 Å². The van der Waals surface area contributed by atoms with Crippen molar-refractivity contribution in [1.29, 1.82) is 0 Å². The van der Waals surface area contributed by atoms with Crippen LogP contribution in [0.15, 0.2) is 60.7 Å². The molecule has 1 heterocycles. The SMILES string of the molecule is CC(N)(CCCN)C(CN1CCN(c2ccccc2)CC1)c1ccccc1. The Balaban J connectivity index is 1.66. The van der Waals surface area contributed by atoms with E-state index in [1.165, 1.54) is 11.3 Å². The second-order valence-electron chi connectivity index (χ2n) is 7.98. The quantitative estimate of drug-likeness (QED) is 0.754. The van der Waals surface area contributed by atoms with Gasteiger partial charge in [0.1, 0.15) is 0 Å². The van der Waals surface area contributed by atoms with Crippen LogP contribution in [0.1, 0.15) is 31.2 Å². The third-order valence-corrected chi connectivity index (χ3v) is 5.85. The van der Waals surface area contributed by atoms with E-state index in [4.69, 9.17) is 11.5 Å². The van der Waals surface area contributed by atoms with Gasteiger partial charge in [0, 0.05) is 49.9 Å². The Morgan fingerprint density at radius 1 is 0.926 bits per heavy atom. The summed E-state index contributed by atoms with van der Waals surface area (Å²) in [7, 11) is 0. The van der Waals surface area contributed by atoms with Gasteiger partial charge in [-0.1, -0.05) is 48.5 Å². The van der Waals surface area contributed by atoms with E-state index in [1.807, 2.05) is 0 Å².